The number of benzene rings is 1. The second-order valence-electron chi connectivity index (χ2n) is 6.17. The van der Waals surface area contributed by atoms with Gasteiger partial charge >= 0.3 is 0 Å². The fraction of sp³-hybridized carbons (Fsp3) is 0.556. The van der Waals surface area contributed by atoms with Crippen molar-refractivity contribution < 1.29 is 19.1 Å². The van der Waals surface area contributed by atoms with E-state index in [0.717, 1.165) is 5.56 Å². The lowest BCUT2D eigenvalue weighted by Gasteiger charge is -2.34. The van der Waals surface area contributed by atoms with E-state index >= 15 is 0 Å². The molecule has 0 spiro atoms. The second kappa shape index (κ2) is 11.0. The van der Waals surface area contributed by atoms with Crippen molar-refractivity contribution in [1.82, 2.24) is 10.6 Å². The molecule has 0 bridgehead atoms. The fourth-order valence-corrected chi connectivity index (χ4v) is 2.80. The molecule has 7 nitrogen and oxygen atoms in total. The summed E-state index contributed by atoms with van der Waals surface area (Å²) in [6.45, 7) is 4.23. The minimum absolute atomic E-state index is 0. The highest BCUT2D eigenvalue weighted by Crippen LogP contribution is 2.29. The molecule has 1 aromatic carbocycles. The summed E-state index contributed by atoms with van der Waals surface area (Å²) in [4.78, 5) is 24.0. The number of rotatable bonds is 8. The highest BCUT2D eigenvalue weighted by Gasteiger charge is 2.38. The van der Waals surface area contributed by atoms with Crippen LogP contribution >= 0.6 is 12.4 Å². The molecule has 0 atom stereocenters. The van der Waals surface area contributed by atoms with E-state index in [1.165, 1.54) is 0 Å². The SMILES string of the molecule is CCNC(=O)COc1cccc(CNC(=O)C2(CN)CCOCC2)c1.Cl. The van der Waals surface area contributed by atoms with Gasteiger partial charge in [-0.3, -0.25) is 9.59 Å². The van der Waals surface area contributed by atoms with E-state index in [1.807, 2.05) is 25.1 Å². The Kier molecular flexibility index (Phi) is 9.40. The first-order valence-corrected chi connectivity index (χ1v) is 8.64. The third kappa shape index (κ3) is 6.16. The maximum Gasteiger partial charge on any atom is 0.257 e. The zero-order valence-electron chi connectivity index (χ0n) is 15.1. The van der Waals surface area contributed by atoms with Crippen LogP contribution in [0.4, 0.5) is 0 Å². The number of hydrogen-bond donors (Lipinski definition) is 3. The van der Waals surface area contributed by atoms with Gasteiger partial charge in [0.2, 0.25) is 5.91 Å². The molecule has 1 aliphatic heterocycles. The number of hydrogen-bond acceptors (Lipinski definition) is 5. The molecule has 1 saturated heterocycles. The Hall–Kier alpha value is -1.83. The summed E-state index contributed by atoms with van der Waals surface area (Å²) in [5.41, 5.74) is 6.22. The van der Waals surface area contributed by atoms with Gasteiger partial charge in [-0.05, 0) is 37.5 Å². The normalized spacial score (nSPS) is 15.5. The summed E-state index contributed by atoms with van der Waals surface area (Å²) in [5, 5.41) is 5.64. The first-order chi connectivity index (χ1) is 12.1. The van der Waals surface area contributed by atoms with Crippen LogP contribution in [0.1, 0.15) is 25.3 Å². The molecule has 1 aromatic rings. The van der Waals surface area contributed by atoms with Crippen molar-refractivity contribution in [1.29, 1.82) is 0 Å². The van der Waals surface area contributed by atoms with Crippen molar-refractivity contribution in [3.05, 3.63) is 29.8 Å². The highest BCUT2D eigenvalue weighted by molar-refractivity contribution is 5.85. The molecule has 0 radical (unpaired) electrons. The van der Waals surface area contributed by atoms with Gasteiger partial charge in [0.15, 0.2) is 6.61 Å². The lowest BCUT2D eigenvalue weighted by atomic mass is 9.79. The van der Waals surface area contributed by atoms with E-state index in [1.54, 1.807) is 6.07 Å². The molecule has 146 valence electrons. The Morgan fingerprint density at radius 1 is 1.27 bits per heavy atom. The number of nitrogens with two attached hydrogens (primary N) is 1. The van der Waals surface area contributed by atoms with Crippen LogP contribution in [-0.4, -0.2) is 44.7 Å². The molecular weight excluding hydrogens is 358 g/mol. The molecule has 1 fully saturated rings. The number of amides is 2. The molecule has 1 aliphatic rings. The van der Waals surface area contributed by atoms with E-state index in [4.69, 9.17) is 15.2 Å². The Morgan fingerprint density at radius 3 is 2.65 bits per heavy atom. The van der Waals surface area contributed by atoms with Gasteiger partial charge < -0.3 is 25.8 Å². The highest BCUT2D eigenvalue weighted by atomic mass is 35.5. The third-order valence-electron chi connectivity index (χ3n) is 4.42. The largest absolute Gasteiger partial charge is 0.484 e. The quantitative estimate of drug-likeness (QED) is 0.619. The molecule has 2 amide bonds. The second-order valence-corrected chi connectivity index (χ2v) is 6.17. The molecule has 26 heavy (non-hydrogen) atoms. The van der Waals surface area contributed by atoms with Crippen LogP contribution in [0.2, 0.25) is 0 Å². The van der Waals surface area contributed by atoms with Crippen LogP contribution < -0.4 is 21.1 Å². The fourth-order valence-electron chi connectivity index (χ4n) is 2.80. The molecule has 2 rings (SSSR count). The van der Waals surface area contributed by atoms with E-state index in [0.29, 0.717) is 51.4 Å². The first-order valence-electron chi connectivity index (χ1n) is 8.64. The molecule has 0 unspecified atom stereocenters. The van der Waals surface area contributed by atoms with Crippen molar-refractivity contribution >= 4 is 24.2 Å². The summed E-state index contributed by atoms with van der Waals surface area (Å²) in [6, 6.07) is 7.34. The van der Waals surface area contributed by atoms with Gasteiger partial charge in [0.05, 0.1) is 5.41 Å². The Bertz CT molecular complexity index is 592. The predicted molar refractivity (Wildman–Crippen MR) is 101 cm³/mol. The Labute approximate surface area is 160 Å². The van der Waals surface area contributed by atoms with Crippen LogP contribution in [0.15, 0.2) is 24.3 Å². The average Bonchev–Trinajstić information content (AvgIpc) is 2.65. The Balaban J connectivity index is 0.00000338. The molecular formula is C18H28ClN3O4. The minimum Gasteiger partial charge on any atom is -0.484 e. The van der Waals surface area contributed by atoms with Gasteiger partial charge in [0.1, 0.15) is 5.75 Å². The first kappa shape index (κ1) is 22.2. The minimum atomic E-state index is -0.537. The van der Waals surface area contributed by atoms with Crippen LogP contribution in [0.25, 0.3) is 0 Å². The van der Waals surface area contributed by atoms with Crippen molar-refractivity contribution in [3.8, 4) is 5.75 Å². The average molecular weight is 386 g/mol. The standard InChI is InChI=1S/C18H27N3O4.ClH/c1-2-20-16(22)12-25-15-5-3-4-14(10-15)11-21-17(23)18(13-19)6-8-24-9-7-18;/h3-5,10H,2,6-9,11-13,19H2,1H3,(H,20,22)(H,21,23);1H. The van der Waals surface area contributed by atoms with Gasteiger partial charge in [-0.2, -0.15) is 0 Å². The molecule has 4 N–H and O–H groups in total. The van der Waals surface area contributed by atoms with Crippen molar-refractivity contribution in [2.45, 2.75) is 26.3 Å². The summed E-state index contributed by atoms with van der Waals surface area (Å²) in [7, 11) is 0. The molecule has 8 heteroatoms. The maximum atomic E-state index is 12.6. The zero-order valence-corrected chi connectivity index (χ0v) is 15.9. The van der Waals surface area contributed by atoms with Crippen LogP contribution in [-0.2, 0) is 20.9 Å². The predicted octanol–water partition coefficient (Wildman–Crippen LogP) is 0.995. The Morgan fingerprint density at radius 2 is 2.00 bits per heavy atom. The van der Waals surface area contributed by atoms with Crippen LogP contribution in [0, 0.1) is 5.41 Å². The number of likely N-dealkylation sites (N-methyl/N-ethyl adjacent to an activating group) is 1. The zero-order chi connectivity index (χ0) is 18.1. The van der Waals surface area contributed by atoms with Crippen molar-refractivity contribution in [2.75, 3.05) is 32.9 Å². The van der Waals surface area contributed by atoms with Gasteiger partial charge in [-0.25, -0.2) is 0 Å². The van der Waals surface area contributed by atoms with Gasteiger partial charge in [-0.15, -0.1) is 12.4 Å². The van der Waals surface area contributed by atoms with Crippen LogP contribution in [0.5, 0.6) is 5.75 Å². The summed E-state index contributed by atoms with van der Waals surface area (Å²) < 4.78 is 10.8. The summed E-state index contributed by atoms with van der Waals surface area (Å²) in [5.74, 6) is 0.398. The van der Waals surface area contributed by atoms with E-state index in [2.05, 4.69) is 10.6 Å². The lowest BCUT2D eigenvalue weighted by molar-refractivity contribution is -0.136. The van der Waals surface area contributed by atoms with E-state index in [-0.39, 0.29) is 30.8 Å². The van der Waals surface area contributed by atoms with Crippen molar-refractivity contribution in [2.24, 2.45) is 11.1 Å². The monoisotopic (exact) mass is 385 g/mol. The van der Waals surface area contributed by atoms with Gasteiger partial charge in [0.25, 0.3) is 5.91 Å². The number of halogens is 1. The number of ether oxygens (including phenoxy) is 2. The number of carbonyl (C=O) groups is 2. The van der Waals surface area contributed by atoms with E-state index in [9.17, 15) is 9.59 Å². The molecule has 0 aliphatic carbocycles. The van der Waals surface area contributed by atoms with Gasteiger partial charge in [0, 0.05) is 32.8 Å². The third-order valence-corrected chi connectivity index (χ3v) is 4.42. The number of nitrogens with one attached hydrogen (secondary N) is 2. The topological polar surface area (TPSA) is 103 Å². The van der Waals surface area contributed by atoms with Crippen LogP contribution in [0.3, 0.4) is 0 Å². The summed E-state index contributed by atoms with van der Waals surface area (Å²) >= 11 is 0. The summed E-state index contributed by atoms with van der Waals surface area (Å²) in [6.07, 6.45) is 1.29. The molecule has 0 saturated carbocycles. The molecule has 0 aromatic heterocycles. The smallest absolute Gasteiger partial charge is 0.257 e. The van der Waals surface area contributed by atoms with Crippen molar-refractivity contribution in [3.63, 3.8) is 0 Å². The van der Waals surface area contributed by atoms with Gasteiger partial charge in [-0.1, -0.05) is 12.1 Å². The lowest BCUT2D eigenvalue weighted by Crippen LogP contribution is -2.48. The maximum absolute atomic E-state index is 12.6. The number of carbonyl (C=O) groups excluding carboxylic acids is 2. The molecule has 1 heterocycles. The van der Waals surface area contributed by atoms with E-state index < -0.39 is 5.41 Å².